The number of amides is 3. The van der Waals surface area contributed by atoms with Gasteiger partial charge in [0.15, 0.2) is 0 Å². The Labute approximate surface area is 121 Å². The van der Waals surface area contributed by atoms with E-state index in [2.05, 4.69) is 5.32 Å². The second-order valence-corrected chi connectivity index (χ2v) is 5.07. The van der Waals surface area contributed by atoms with Crippen LogP contribution in [0, 0.1) is 0 Å². The Bertz CT molecular complexity index is 545. The second-order valence-electron chi connectivity index (χ2n) is 4.37. The summed E-state index contributed by atoms with van der Waals surface area (Å²) in [4.78, 5) is 25.3. The molecule has 1 heterocycles. The van der Waals surface area contributed by atoms with Crippen LogP contribution in [0.2, 0.25) is 0 Å². The summed E-state index contributed by atoms with van der Waals surface area (Å²) < 4.78 is 0. The molecule has 0 aliphatic carbocycles. The van der Waals surface area contributed by atoms with Crippen LogP contribution in [0.4, 0.5) is 4.79 Å². The molecule has 3 amide bonds. The van der Waals surface area contributed by atoms with E-state index in [0.717, 1.165) is 16.0 Å². The maximum absolute atomic E-state index is 12.4. The molecule has 0 saturated carbocycles. The summed E-state index contributed by atoms with van der Waals surface area (Å²) in [6.07, 6.45) is 0. The maximum Gasteiger partial charge on any atom is 0.325 e. The van der Waals surface area contributed by atoms with Gasteiger partial charge in [-0.05, 0) is 12.5 Å². The van der Waals surface area contributed by atoms with E-state index in [1.807, 2.05) is 18.2 Å². The van der Waals surface area contributed by atoms with Gasteiger partial charge in [-0.3, -0.25) is 9.69 Å². The summed E-state index contributed by atoms with van der Waals surface area (Å²) >= 11 is 11.2. The molecule has 1 N–H and O–H groups in total. The highest BCUT2D eigenvalue weighted by Gasteiger charge is 2.48. The van der Waals surface area contributed by atoms with Gasteiger partial charge in [0, 0.05) is 10.6 Å². The van der Waals surface area contributed by atoms with Crippen molar-refractivity contribution in [2.24, 2.45) is 0 Å². The van der Waals surface area contributed by atoms with Gasteiger partial charge >= 0.3 is 6.03 Å². The van der Waals surface area contributed by atoms with Crippen LogP contribution in [0.3, 0.4) is 0 Å². The zero-order valence-electron chi connectivity index (χ0n) is 10.2. The highest BCUT2D eigenvalue weighted by Crippen LogP contribution is 2.29. The minimum atomic E-state index is -1.07. The lowest BCUT2D eigenvalue weighted by atomic mass is 9.92. The molecule has 1 aliphatic rings. The normalized spacial score (nSPS) is 23.7. The fourth-order valence-corrected chi connectivity index (χ4v) is 2.18. The van der Waals surface area contributed by atoms with Crippen molar-refractivity contribution >= 4 is 35.1 Å². The number of carbonyl (C=O) groups is 2. The Morgan fingerprint density at radius 3 is 2.58 bits per heavy atom. The third-order valence-electron chi connectivity index (χ3n) is 3.05. The quantitative estimate of drug-likeness (QED) is 0.873. The maximum atomic E-state index is 12.4. The first-order chi connectivity index (χ1) is 8.99. The summed E-state index contributed by atoms with van der Waals surface area (Å²) in [5.74, 6) is -0.347. The standard InChI is InChI=1S/C13H12Cl2N2O2/c1-13(9-5-3-2-4-6-9)11(18)17(12(19)16-13)8-10(15)7-14/h2-7H,8H2,1H3,(H,16,19). The average molecular weight is 299 g/mol. The third kappa shape index (κ3) is 2.46. The lowest BCUT2D eigenvalue weighted by molar-refractivity contribution is -0.130. The molecular weight excluding hydrogens is 287 g/mol. The molecule has 6 heteroatoms. The van der Waals surface area contributed by atoms with Crippen molar-refractivity contribution in [1.82, 2.24) is 10.2 Å². The fourth-order valence-electron chi connectivity index (χ4n) is 1.99. The molecule has 2 rings (SSSR count). The molecule has 1 saturated heterocycles. The predicted octanol–water partition coefficient (Wildman–Crippen LogP) is 2.77. The SMILES string of the molecule is CC1(c2ccccc2)NC(=O)N(CC(Cl)=CCl)C1=O. The van der Waals surface area contributed by atoms with E-state index in [1.54, 1.807) is 19.1 Å². The molecule has 0 spiro atoms. The monoisotopic (exact) mass is 298 g/mol. The van der Waals surface area contributed by atoms with Crippen molar-refractivity contribution in [3.8, 4) is 0 Å². The lowest BCUT2D eigenvalue weighted by Gasteiger charge is -2.22. The van der Waals surface area contributed by atoms with E-state index < -0.39 is 11.6 Å². The zero-order chi connectivity index (χ0) is 14.0. The Morgan fingerprint density at radius 2 is 2.00 bits per heavy atom. The highest BCUT2D eigenvalue weighted by molar-refractivity contribution is 6.36. The van der Waals surface area contributed by atoms with Gasteiger partial charge in [0.2, 0.25) is 0 Å². The summed E-state index contributed by atoms with van der Waals surface area (Å²) in [5, 5.41) is 2.91. The molecule has 1 aromatic rings. The number of urea groups is 1. The summed E-state index contributed by atoms with van der Waals surface area (Å²) in [7, 11) is 0. The number of nitrogens with one attached hydrogen (secondary N) is 1. The molecule has 100 valence electrons. The smallest absolute Gasteiger partial charge is 0.319 e. The van der Waals surface area contributed by atoms with Gasteiger partial charge in [0.05, 0.1) is 6.54 Å². The van der Waals surface area contributed by atoms with Crippen LogP contribution >= 0.6 is 23.2 Å². The number of nitrogens with zero attached hydrogens (tertiary/aromatic N) is 1. The molecule has 1 unspecified atom stereocenters. The van der Waals surface area contributed by atoms with E-state index in [9.17, 15) is 9.59 Å². The van der Waals surface area contributed by atoms with Crippen LogP contribution in [0.15, 0.2) is 40.9 Å². The van der Waals surface area contributed by atoms with Crippen molar-refractivity contribution in [3.63, 3.8) is 0 Å². The summed E-state index contributed by atoms with van der Waals surface area (Å²) in [5.41, 5.74) is 0.795. The van der Waals surface area contributed by atoms with Gasteiger partial charge in [0.25, 0.3) is 5.91 Å². The van der Waals surface area contributed by atoms with Crippen molar-refractivity contribution in [2.45, 2.75) is 12.5 Å². The Balaban J connectivity index is 2.32. The Morgan fingerprint density at radius 1 is 1.37 bits per heavy atom. The van der Waals surface area contributed by atoms with Gasteiger partial charge in [-0.2, -0.15) is 0 Å². The van der Waals surface area contributed by atoms with Crippen LogP contribution in [0.25, 0.3) is 0 Å². The highest BCUT2D eigenvalue weighted by atomic mass is 35.5. The number of halogens is 2. The minimum absolute atomic E-state index is 0.0296. The minimum Gasteiger partial charge on any atom is -0.319 e. The molecule has 1 aliphatic heterocycles. The van der Waals surface area contributed by atoms with Gasteiger partial charge in [-0.15, -0.1) is 0 Å². The number of hydrogen-bond donors (Lipinski definition) is 1. The first-order valence-corrected chi connectivity index (χ1v) is 6.45. The van der Waals surface area contributed by atoms with Gasteiger partial charge < -0.3 is 5.32 Å². The van der Waals surface area contributed by atoms with Gasteiger partial charge in [-0.1, -0.05) is 53.5 Å². The number of imide groups is 1. The molecule has 4 nitrogen and oxygen atoms in total. The zero-order valence-corrected chi connectivity index (χ0v) is 11.7. The molecule has 0 radical (unpaired) electrons. The Kier molecular flexibility index (Phi) is 3.83. The van der Waals surface area contributed by atoms with Crippen molar-refractivity contribution < 1.29 is 9.59 Å². The van der Waals surface area contributed by atoms with Gasteiger partial charge in [0.1, 0.15) is 5.54 Å². The van der Waals surface area contributed by atoms with Crippen LogP contribution in [-0.2, 0) is 10.3 Å². The summed E-state index contributed by atoms with van der Waals surface area (Å²) in [6, 6.07) is 8.58. The predicted molar refractivity (Wildman–Crippen MR) is 73.8 cm³/mol. The fraction of sp³-hybridized carbons (Fsp3) is 0.231. The Hall–Kier alpha value is -1.52. The van der Waals surface area contributed by atoms with Crippen molar-refractivity contribution in [1.29, 1.82) is 0 Å². The molecule has 1 fully saturated rings. The lowest BCUT2D eigenvalue weighted by Crippen LogP contribution is -2.40. The van der Waals surface area contributed by atoms with Crippen LogP contribution in [-0.4, -0.2) is 23.4 Å². The number of benzene rings is 1. The van der Waals surface area contributed by atoms with Crippen LogP contribution < -0.4 is 5.32 Å². The van der Waals surface area contributed by atoms with E-state index in [4.69, 9.17) is 23.2 Å². The van der Waals surface area contributed by atoms with Crippen LogP contribution in [0.5, 0.6) is 0 Å². The topological polar surface area (TPSA) is 49.4 Å². The first kappa shape index (κ1) is 13.9. The van der Waals surface area contributed by atoms with E-state index in [-0.39, 0.29) is 17.5 Å². The molecular formula is C13H12Cl2N2O2. The van der Waals surface area contributed by atoms with E-state index >= 15 is 0 Å². The number of carbonyl (C=O) groups excluding carboxylic acids is 2. The average Bonchev–Trinajstić information content (AvgIpc) is 2.64. The van der Waals surface area contributed by atoms with Crippen molar-refractivity contribution in [3.05, 3.63) is 46.5 Å². The first-order valence-electron chi connectivity index (χ1n) is 5.63. The number of rotatable bonds is 3. The third-order valence-corrected chi connectivity index (χ3v) is 3.66. The van der Waals surface area contributed by atoms with Gasteiger partial charge in [-0.25, -0.2) is 4.79 Å². The molecule has 1 aromatic carbocycles. The van der Waals surface area contributed by atoms with E-state index in [1.165, 1.54) is 0 Å². The van der Waals surface area contributed by atoms with E-state index in [0.29, 0.717) is 0 Å². The molecule has 0 aromatic heterocycles. The van der Waals surface area contributed by atoms with Crippen molar-refractivity contribution in [2.75, 3.05) is 6.54 Å². The second kappa shape index (κ2) is 5.23. The molecule has 19 heavy (non-hydrogen) atoms. The number of hydrogen-bond acceptors (Lipinski definition) is 2. The molecule has 0 bridgehead atoms. The van der Waals surface area contributed by atoms with Crippen LogP contribution in [0.1, 0.15) is 12.5 Å². The summed E-state index contributed by atoms with van der Waals surface area (Å²) in [6.45, 7) is 1.64. The molecule has 1 atom stereocenters. The largest absolute Gasteiger partial charge is 0.325 e.